The third-order valence-electron chi connectivity index (χ3n) is 4.50. The zero-order chi connectivity index (χ0) is 18.9. The highest BCUT2D eigenvalue weighted by Crippen LogP contribution is 2.39. The van der Waals surface area contributed by atoms with Crippen LogP contribution in [-0.4, -0.2) is 45.7 Å². The van der Waals surface area contributed by atoms with Crippen LogP contribution in [0.3, 0.4) is 0 Å². The predicted molar refractivity (Wildman–Crippen MR) is 105 cm³/mol. The van der Waals surface area contributed by atoms with E-state index in [9.17, 15) is 19.9 Å². The van der Waals surface area contributed by atoms with Crippen LogP contribution in [0.25, 0.3) is 0 Å². The summed E-state index contributed by atoms with van der Waals surface area (Å²) in [6, 6.07) is 4.95. The number of quaternary nitrogens is 1. The molecule has 0 saturated carbocycles. The number of benzene rings is 1. The molecular weight excluding hydrogens is 374 g/mol. The third-order valence-corrected chi connectivity index (χ3v) is 7.51. The molecule has 0 aromatic heterocycles. The second kappa shape index (κ2) is 10.8. The van der Waals surface area contributed by atoms with Gasteiger partial charge in [-0.25, -0.2) is 9.59 Å². The van der Waals surface area contributed by atoms with E-state index < -0.39 is 18.0 Å². The maximum Gasteiger partial charge on any atom is 0.363 e. The highest BCUT2D eigenvalue weighted by molar-refractivity contribution is 8.77. The van der Waals surface area contributed by atoms with E-state index in [1.54, 1.807) is 12.1 Å². The number of aliphatic carboxylic acids is 1. The lowest BCUT2D eigenvalue weighted by atomic mass is 10.0. The molecule has 2 rings (SSSR count). The van der Waals surface area contributed by atoms with Crippen LogP contribution >= 0.6 is 21.6 Å². The van der Waals surface area contributed by atoms with Crippen molar-refractivity contribution in [3.63, 3.8) is 0 Å². The first kappa shape index (κ1) is 21.1. The third kappa shape index (κ3) is 6.83. The first-order chi connectivity index (χ1) is 12.5. The van der Waals surface area contributed by atoms with Crippen molar-refractivity contribution in [2.24, 2.45) is 0 Å². The molecule has 6 nitrogen and oxygen atoms in total. The topological polar surface area (TPSA) is 102 Å². The van der Waals surface area contributed by atoms with Crippen molar-refractivity contribution in [2.75, 3.05) is 12.3 Å². The summed E-state index contributed by atoms with van der Waals surface area (Å²) in [5, 5.41) is 31.1. The molecule has 2 unspecified atom stereocenters. The number of carboxylic acid groups (broad SMARTS) is 2. The van der Waals surface area contributed by atoms with Crippen LogP contribution in [0, 0.1) is 5.21 Å². The zero-order valence-corrected chi connectivity index (χ0v) is 16.2. The smallest absolute Gasteiger partial charge is 0.363 e. The van der Waals surface area contributed by atoms with Gasteiger partial charge in [-0.1, -0.05) is 40.1 Å². The molecule has 0 spiro atoms. The highest BCUT2D eigenvalue weighted by Gasteiger charge is 2.24. The second-order valence-electron chi connectivity index (χ2n) is 6.49. The van der Waals surface area contributed by atoms with E-state index in [-0.39, 0.29) is 23.6 Å². The Hall–Kier alpha value is -1.22. The van der Waals surface area contributed by atoms with E-state index in [4.69, 9.17) is 5.11 Å². The van der Waals surface area contributed by atoms with Gasteiger partial charge in [-0.05, 0) is 43.4 Å². The number of rotatable bonds is 11. The number of carboxylic acids is 2. The lowest BCUT2D eigenvalue weighted by Crippen LogP contribution is -3.12. The van der Waals surface area contributed by atoms with Crippen LogP contribution in [0.5, 0.6) is 0 Å². The van der Waals surface area contributed by atoms with Gasteiger partial charge in [0.2, 0.25) is 0 Å². The maximum absolute atomic E-state index is 12.3. The number of hydroxylamine groups is 2. The Morgan fingerprint density at radius 2 is 1.92 bits per heavy atom. The van der Waals surface area contributed by atoms with Gasteiger partial charge in [0.05, 0.1) is 12.1 Å². The number of hydrogen-bond acceptors (Lipinski definition) is 5. The van der Waals surface area contributed by atoms with Gasteiger partial charge in [0.15, 0.2) is 6.04 Å². The fraction of sp³-hybridized carbons (Fsp3) is 0.556. The molecule has 1 aliphatic rings. The van der Waals surface area contributed by atoms with Gasteiger partial charge >= 0.3 is 11.9 Å². The lowest BCUT2D eigenvalue weighted by molar-refractivity contribution is -0.866. The predicted octanol–water partition coefficient (Wildman–Crippen LogP) is 2.48. The fourth-order valence-electron chi connectivity index (χ4n) is 2.94. The Balaban J connectivity index is 1.76. The van der Waals surface area contributed by atoms with Gasteiger partial charge in [0.1, 0.15) is 0 Å². The van der Waals surface area contributed by atoms with Crippen molar-refractivity contribution in [1.29, 1.82) is 0 Å². The van der Waals surface area contributed by atoms with Crippen molar-refractivity contribution >= 4 is 33.5 Å². The molecular formula is C18H25NO5S2. The molecule has 1 fully saturated rings. The molecule has 3 atom stereocenters. The van der Waals surface area contributed by atoms with Crippen molar-refractivity contribution < 1.29 is 24.9 Å². The Labute approximate surface area is 161 Å². The quantitative estimate of drug-likeness (QED) is 0.298. The van der Waals surface area contributed by atoms with Gasteiger partial charge in [-0.3, -0.25) is 0 Å². The molecule has 0 amide bonds. The Morgan fingerprint density at radius 3 is 2.50 bits per heavy atom. The zero-order valence-electron chi connectivity index (χ0n) is 14.6. The molecule has 144 valence electrons. The average Bonchev–Trinajstić information content (AvgIpc) is 3.12. The van der Waals surface area contributed by atoms with E-state index in [2.05, 4.69) is 0 Å². The van der Waals surface area contributed by atoms with Gasteiger partial charge in [-0.15, -0.1) is 0 Å². The molecule has 0 bridgehead atoms. The summed E-state index contributed by atoms with van der Waals surface area (Å²) in [5.74, 6) is -0.921. The maximum atomic E-state index is 12.3. The standard InChI is InChI=1S/C18H25NO5S2/c20-17(21)14-7-5-13(6-8-14)12-16(18(22)23)19(24)10-3-1-2-4-15-9-11-25-26-15/h5-8,15-16,19H,1-4,9-12H2,(H,20,21)(H,22,23)/t15-,16?/m1/s1. The molecule has 1 aromatic rings. The second-order valence-corrected chi connectivity index (χ2v) is 9.28. The van der Waals surface area contributed by atoms with Crippen molar-refractivity contribution in [1.82, 2.24) is 0 Å². The highest BCUT2D eigenvalue weighted by atomic mass is 33.1. The van der Waals surface area contributed by atoms with Crippen molar-refractivity contribution in [3.05, 3.63) is 40.6 Å². The van der Waals surface area contributed by atoms with E-state index >= 15 is 0 Å². The average molecular weight is 400 g/mol. The van der Waals surface area contributed by atoms with E-state index in [0.717, 1.165) is 24.5 Å². The SMILES string of the molecule is O=C(O)c1ccc(CC(C(=O)O)[NH+]([O-])CCCCC[C@@H]2CCSS2)cc1. The number of hydrogen-bond donors (Lipinski definition) is 3. The van der Waals surface area contributed by atoms with Gasteiger partial charge in [0.25, 0.3) is 0 Å². The molecule has 1 heterocycles. The minimum Gasteiger partial charge on any atom is -0.634 e. The molecule has 1 saturated heterocycles. The minimum atomic E-state index is -1.11. The molecule has 0 radical (unpaired) electrons. The van der Waals surface area contributed by atoms with Crippen LogP contribution in [0.2, 0.25) is 0 Å². The first-order valence-corrected chi connectivity index (χ1v) is 11.2. The van der Waals surface area contributed by atoms with Crippen molar-refractivity contribution in [2.45, 2.75) is 49.8 Å². The van der Waals surface area contributed by atoms with Crippen LogP contribution in [-0.2, 0) is 11.2 Å². The largest absolute Gasteiger partial charge is 0.634 e. The van der Waals surface area contributed by atoms with Crippen LogP contribution in [0.1, 0.15) is 48.0 Å². The van der Waals surface area contributed by atoms with Crippen molar-refractivity contribution in [3.8, 4) is 0 Å². The number of nitrogens with one attached hydrogen (secondary N) is 1. The fourth-order valence-corrected chi connectivity index (χ4v) is 5.97. The molecule has 1 aromatic carbocycles. The van der Waals surface area contributed by atoms with Crippen LogP contribution in [0.4, 0.5) is 0 Å². The summed E-state index contributed by atoms with van der Waals surface area (Å²) < 4.78 is 0. The van der Waals surface area contributed by atoms with E-state index in [1.807, 2.05) is 21.6 Å². The Morgan fingerprint density at radius 1 is 1.19 bits per heavy atom. The van der Waals surface area contributed by atoms with E-state index in [1.165, 1.54) is 30.7 Å². The van der Waals surface area contributed by atoms with Crippen LogP contribution < -0.4 is 5.06 Å². The summed E-state index contributed by atoms with van der Waals surface area (Å²) in [4.78, 5) is 22.3. The van der Waals surface area contributed by atoms with Gasteiger partial charge < -0.3 is 20.5 Å². The molecule has 0 aliphatic carbocycles. The normalized spacial score (nSPS) is 19.2. The minimum absolute atomic E-state index is 0.101. The molecule has 3 N–H and O–H groups in total. The van der Waals surface area contributed by atoms with Crippen LogP contribution in [0.15, 0.2) is 24.3 Å². The monoisotopic (exact) mass is 399 g/mol. The summed E-state index contributed by atoms with van der Waals surface area (Å²) in [7, 11) is 3.88. The molecule has 26 heavy (non-hydrogen) atoms. The van der Waals surface area contributed by atoms with Gasteiger partial charge in [-0.2, -0.15) is 0 Å². The Kier molecular flexibility index (Phi) is 8.77. The Bertz CT molecular complexity index is 590. The first-order valence-electron chi connectivity index (χ1n) is 8.83. The lowest BCUT2D eigenvalue weighted by Gasteiger charge is -2.29. The number of unbranched alkanes of at least 4 members (excludes halogenated alkanes) is 2. The summed E-state index contributed by atoms with van der Waals surface area (Å²) in [5.41, 5.74) is 0.803. The summed E-state index contributed by atoms with van der Waals surface area (Å²) >= 11 is 0. The molecule has 1 aliphatic heterocycles. The van der Waals surface area contributed by atoms with E-state index in [0.29, 0.717) is 5.56 Å². The summed E-state index contributed by atoms with van der Waals surface area (Å²) in [6.45, 7) is 0.288. The molecule has 8 heteroatoms. The summed E-state index contributed by atoms with van der Waals surface area (Å²) in [6.07, 6.45) is 5.29. The number of carbonyl (C=O) groups is 2. The van der Waals surface area contributed by atoms with Gasteiger partial charge in [0, 0.05) is 17.4 Å². The number of aromatic carboxylic acids is 1.